The van der Waals surface area contributed by atoms with Crippen LogP contribution < -0.4 is 5.32 Å². The SMILES string of the molecule is N#CC1(C(=O)NCCC2CCOC2)CCCCC1. The molecule has 1 N–H and O–H groups in total. The predicted octanol–water partition coefficient (Wildman–Crippen LogP) is 2.00. The zero-order chi connectivity index (χ0) is 12.8. The maximum Gasteiger partial charge on any atom is 0.240 e. The van der Waals surface area contributed by atoms with Crippen LogP contribution in [0.1, 0.15) is 44.9 Å². The minimum Gasteiger partial charge on any atom is -0.381 e. The lowest BCUT2D eigenvalue weighted by atomic mass is 9.74. The van der Waals surface area contributed by atoms with Gasteiger partial charge in [0.25, 0.3) is 0 Å². The molecule has 1 aliphatic heterocycles. The van der Waals surface area contributed by atoms with Gasteiger partial charge in [0.1, 0.15) is 5.41 Å². The van der Waals surface area contributed by atoms with Gasteiger partial charge in [-0.15, -0.1) is 0 Å². The van der Waals surface area contributed by atoms with Gasteiger partial charge in [-0.1, -0.05) is 19.3 Å². The Labute approximate surface area is 109 Å². The fourth-order valence-corrected chi connectivity index (χ4v) is 2.91. The van der Waals surface area contributed by atoms with E-state index >= 15 is 0 Å². The maximum absolute atomic E-state index is 12.2. The number of hydrogen-bond acceptors (Lipinski definition) is 3. The molecular weight excluding hydrogens is 228 g/mol. The van der Waals surface area contributed by atoms with Crippen molar-refractivity contribution in [1.29, 1.82) is 5.26 Å². The predicted molar refractivity (Wildman–Crippen MR) is 67.7 cm³/mol. The number of ether oxygens (including phenoxy) is 1. The molecule has 1 atom stereocenters. The summed E-state index contributed by atoms with van der Waals surface area (Å²) in [5.74, 6) is 0.526. The van der Waals surface area contributed by atoms with E-state index in [1.807, 2.05) is 0 Å². The Kier molecular flexibility index (Phi) is 4.60. The van der Waals surface area contributed by atoms with Crippen LogP contribution in [0, 0.1) is 22.7 Å². The molecule has 100 valence electrons. The first-order valence-corrected chi connectivity index (χ1v) is 7.04. The Morgan fingerprint density at radius 2 is 2.17 bits per heavy atom. The van der Waals surface area contributed by atoms with Crippen molar-refractivity contribution in [2.24, 2.45) is 11.3 Å². The number of rotatable bonds is 4. The fraction of sp³-hybridized carbons (Fsp3) is 0.857. The molecule has 2 fully saturated rings. The van der Waals surface area contributed by atoms with E-state index in [-0.39, 0.29) is 5.91 Å². The minimum absolute atomic E-state index is 0.0522. The monoisotopic (exact) mass is 250 g/mol. The summed E-state index contributed by atoms with van der Waals surface area (Å²) >= 11 is 0. The maximum atomic E-state index is 12.2. The molecule has 1 saturated heterocycles. The highest BCUT2D eigenvalue weighted by Crippen LogP contribution is 2.35. The van der Waals surface area contributed by atoms with Gasteiger partial charge in [-0.3, -0.25) is 4.79 Å². The van der Waals surface area contributed by atoms with Gasteiger partial charge in [0.15, 0.2) is 0 Å². The van der Waals surface area contributed by atoms with Crippen molar-refractivity contribution in [1.82, 2.24) is 5.32 Å². The summed E-state index contributed by atoms with van der Waals surface area (Å²) in [4.78, 5) is 12.2. The van der Waals surface area contributed by atoms with Gasteiger partial charge in [0.05, 0.1) is 6.07 Å². The van der Waals surface area contributed by atoms with Crippen LogP contribution in [-0.4, -0.2) is 25.7 Å². The summed E-state index contributed by atoms with van der Waals surface area (Å²) in [5, 5.41) is 12.2. The Bertz CT molecular complexity index is 323. The van der Waals surface area contributed by atoms with Crippen molar-refractivity contribution in [2.45, 2.75) is 44.9 Å². The largest absolute Gasteiger partial charge is 0.381 e. The van der Waals surface area contributed by atoms with Crippen LogP contribution in [0.15, 0.2) is 0 Å². The van der Waals surface area contributed by atoms with Crippen LogP contribution in [-0.2, 0) is 9.53 Å². The molecule has 0 aromatic rings. The molecule has 2 aliphatic rings. The Morgan fingerprint density at radius 1 is 1.39 bits per heavy atom. The molecule has 1 aliphatic carbocycles. The van der Waals surface area contributed by atoms with Gasteiger partial charge in [-0.05, 0) is 31.6 Å². The van der Waals surface area contributed by atoms with Crippen molar-refractivity contribution in [3.63, 3.8) is 0 Å². The van der Waals surface area contributed by atoms with Crippen molar-refractivity contribution in [3.8, 4) is 6.07 Å². The topological polar surface area (TPSA) is 62.1 Å². The molecular formula is C14H22N2O2. The van der Waals surface area contributed by atoms with Crippen molar-refractivity contribution >= 4 is 5.91 Å². The zero-order valence-corrected chi connectivity index (χ0v) is 10.9. The first-order valence-electron chi connectivity index (χ1n) is 7.04. The lowest BCUT2D eigenvalue weighted by molar-refractivity contribution is -0.129. The standard InChI is InChI=1S/C14H22N2O2/c15-11-14(6-2-1-3-7-14)13(17)16-8-4-12-5-9-18-10-12/h12H,1-10H2,(H,16,17). The van der Waals surface area contributed by atoms with Gasteiger partial charge in [-0.25, -0.2) is 0 Å². The summed E-state index contributed by atoms with van der Waals surface area (Å²) < 4.78 is 5.31. The number of nitrogens with one attached hydrogen (secondary N) is 1. The summed E-state index contributed by atoms with van der Waals surface area (Å²) in [6, 6.07) is 2.26. The van der Waals surface area contributed by atoms with Crippen LogP contribution in [0.25, 0.3) is 0 Å². The van der Waals surface area contributed by atoms with Crippen molar-refractivity contribution < 1.29 is 9.53 Å². The highest BCUT2D eigenvalue weighted by Gasteiger charge is 2.39. The molecule has 4 nitrogen and oxygen atoms in total. The van der Waals surface area contributed by atoms with E-state index in [9.17, 15) is 10.1 Å². The molecule has 4 heteroatoms. The lowest BCUT2D eigenvalue weighted by Gasteiger charge is -2.29. The first-order chi connectivity index (χ1) is 8.77. The Hall–Kier alpha value is -1.08. The smallest absolute Gasteiger partial charge is 0.240 e. The average molecular weight is 250 g/mol. The molecule has 1 amide bonds. The van der Waals surface area contributed by atoms with Gasteiger partial charge in [0.2, 0.25) is 5.91 Å². The molecule has 0 radical (unpaired) electrons. The number of nitriles is 1. The first kappa shape index (κ1) is 13.4. The molecule has 1 unspecified atom stereocenters. The molecule has 0 bridgehead atoms. The van der Waals surface area contributed by atoms with E-state index in [0.29, 0.717) is 12.5 Å². The molecule has 2 rings (SSSR count). The van der Waals surface area contributed by atoms with E-state index in [1.54, 1.807) is 0 Å². The van der Waals surface area contributed by atoms with Crippen molar-refractivity contribution in [2.75, 3.05) is 19.8 Å². The van der Waals surface area contributed by atoms with Crippen LogP contribution in [0.4, 0.5) is 0 Å². The second-order valence-electron chi connectivity index (χ2n) is 5.53. The third kappa shape index (κ3) is 3.02. The summed E-state index contributed by atoms with van der Waals surface area (Å²) in [6.07, 6.45) is 6.65. The molecule has 18 heavy (non-hydrogen) atoms. The van der Waals surface area contributed by atoms with E-state index in [1.165, 1.54) is 0 Å². The minimum atomic E-state index is -0.746. The molecule has 1 heterocycles. The summed E-state index contributed by atoms with van der Waals surface area (Å²) in [5.41, 5.74) is -0.746. The molecule has 0 spiro atoms. The van der Waals surface area contributed by atoms with Gasteiger partial charge >= 0.3 is 0 Å². The van der Waals surface area contributed by atoms with Crippen molar-refractivity contribution in [3.05, 3.63) is 0 Å². The highest BCUT2D eigenvalue weighted by molar-refractivity contribution is 5.85. The number of carbonyl (C=O) groups is 1. The van der Waals surface area contributed by atoms with Crippen LogP contribution in [0.5, 0.6) is 0 Å². The van der Waals surface area contributed by atoms with E-state index in [4.69, 9.17) is 4.74 Å². The number of hydrogen-bond donors (Lipinski definition) is 1. The zero-order valence-electron chi connectivity index (χ0n) is 10.9. The van der Waals surface area contributed by atoms with E-state index < -0.39 is 5.41 Å². The molecule has 1 saturated carbocycles. The number of carbonyl (C=O) groups excluding carboxylic acids is 1. The molecule has 0 aromatic heterocycles. The highest BCUT2D eigenvalue weighted by atomic mass is 16.5. The third-order valence-electron chi connectivity index (χ3n) is 4.22. The lowest BCUT2D eigenvalue weighted by Crippen LogP contribution is -2.42. The summed E-state index contributed by atoms with van der Waals surface area (Å²) in [6.45, 7) is 2.34. The van der Waals surface area contributed by atoms with Crippen LogP contribution in [0.3, 0.4) is 0 Å². The Morgan fingerprint density at radius 3 is 2.78 bits per heavy atom. The van der Waals surface area contributed by atoms with Gasteiger partial charge in [0, 0.05) is 19.8 Å². The second-order valence-corrected chi connectivity index (χ2v) is 5.53. The van der Waals surface area contributed by atoms with Gasteiger partial charge in [-0.2, -0.15) is 5.26 Å². The Balaban J connectivity index is 1.77. The fourth-order valence-electron chi connectivity index (χ4n) is 2.91. The third-order valence-corrected chi connectivity index (χ3v) is 4.22. The van der Waals surface area contributed by atoms with Crippen LogP contribution in [0.2, 0.25) is 0 Å². The van der Waals surface area contributed by atoms with E-state index in [2.05, 4.69) is 11.4 Å². The van der Waals surface area contributed by atoms with Gasteiger partial charge < -0.3 is 10.1 Å². The number of nitrogens with zero attached hydrogens (tertiary/aromatic N) is 1. The van der Waals surface area contributed by atoms with Crippen LogP contribution >= 0.6 is 0 Å². The summed E-state index contributed by atoms with van der Waals surface area (Å²) in [7, 11) is 0. The average Bonchev–Trinajstić information content (AvgIpc) is 2.92. The second kappa shape index (κ2) is 6.19. The normalized spacial score (nSPS) is 26.5. The molecule has 0 aromatic carbocycles. The number of amides is 1. The quantitative estimate of drug-likeness (QED) is 0.830. The van der Waals surface area contributed by atoms with E-state index in [0.717, 1.165) is 58.2 Å².